The van der Waals surface area contributed by atoms with Crippen molar-refractivity contribution in [2.24, 2.45) is 17.3 Å². The quantitative estimate of drug-likeness (QED) is 0.454. The first-order valence-electron chi connectivity index (χ1n) is 9.28. The Morgan fingerprint density at radius 2 is 1.85 bits per heavy atom. The molecule has 1 aromatic rings. The molecule has 2 N–H and O–H groups in total. The van der Waals surface area contributed by atoms with Gasteiger partial charge >= 0.3 is 0 Å². The molecule has 6 heteroatoms. The van der Waals surface area contributed by atoms with Gasteiger partial charge < -0.3 is 5.73 Å². The van der Waals surface area contributed by atoms with Crippen LogP contribution in [0.3, 0.4) is 0 Å². The van der Waals surface area contributed by atoms with Crippen LogP contribution in [0.2, 0.25) is 0 Å². The Balaban J connectivity index is 1.43. The van der Waals surface area contributed by atoms with Crippen molar-refractivity contribution in [1.82, 2.24) is 4.90 Å². The van der Waals surface area contributed by atoms with Crippen molar-refractivity contribution in [3.63, 3.8) is 0 Å². The van der Waals surface area contributed by atoms with E-state index < -0.39 is 11.8 Å². The summed E-state index contributed by atoms with van der Waals surface area (Å²) in [5.41, 5.74) is 6.47. The lowest BCUT2D eigenvalue weighted by Crippen LogP contribution is -2.54. The molecular weight excluding hydrogens is 396 g/mol. The second-order valence-electron chi connectivity index (χ2n) is 8.90. The largest absolute Gasteiger partial charge is 0.398 e. The lowest BCUT2D eigenvalue weighted by molar-refractivity contribution is -0.133. The number of fused-ring (bicyclic) bond motifs is 1. The fraction of sp³-hybridized carbons (Fsp3) is 0.550. The zero-order valence-corrected chi connectivity index (χ0v) is 16.0. The summed E-state index contributed by atoms with van der Waals surface area (Å²) in [6.07, 6.45) is 6.93. The molecule has 0 saturated heterocycles. The standard InChI is InChI=1S/C20H21BrN2O3/c21-20-7-11-4-12(8-20)6-19(5-11,10-20)9-15(24)23-17(25)13-2-1-3-14(22)16(13)18(23)26/h1-3,11-12H,4-10,22H2/t11-,12-,19?,20?/m1/s1. The highest BCUT2D eigenvalue weighted by atomic mass is 79.9. The minimum atomic E-state index is -0.564. The van der Waals surface area contributed by atoms with Gasteiger partial charge in [0.15, 0.2) is 0 Å². The average molecular weight is 417 g/mol. The highest BCUT2D eigenvalue weighted by molar-refractivity contribution is 9.10. The summed E-state index contributed by atoms with van der Waals surface area (Å²) in [5, 5.41) is 0. The van der Waals surface area contributed by atoms with Crippen molar-refractivity contribution in [2.45, 2.75) is 49.3 Å². The molecule has 0 spiro atoms. The third-order valence-electron chi connectivity index (χ3n) is 6.83. The van der Waals surface area contributed by atoms with Crippen molar-refractivity contribution in [1.29, 1.82) is 0 Å². The van der Waals surface area contributed by atoms with Crippen LogP contribution in [0.25, 0.3) is 0 Å². The van der Waals surface area contributed by atoms with Gasteiger partial charge in [-0.15, -0.1) is 0 Å². The molecule has 26 heavy (non-hydrogen) atoms. The molecule has 1 aromatic carbocycles. The zero-order valence-electron chi connectivity index (χ0n) is 14.5. The van der Waals surface area contributed by atoms with Crippen LogP contribution in [0.1, 0.15) is 65.7 Å². The summed E-state index contributed by atoms with van der Waals surface area (Å²) >= 11 is 3.95. The normalized spacial score (nSPS) is 37.3. The minimum absolute atomic E-state index is 0.0778. The van der Waals surface area contributed by atoms with Crippen LogP contribution in [-0.2, 0) is 4.79 Å². The molecule has 2 atom stereocenters. The molecule has 0 radical (unpaired) electrons. The van der Waals surface area contributed by atoms with Gasteiger partial charge in [-0.2, -0.15) is 0 Å². The van der Waals surface area contributed by atoms with Gasteiger partial charge in [-0.1, -0.05) is 22.0 Å². The predicted octanol–water partition coefficient (Wildman–Crippen LogP) is 3.52. The molecule has 4 aliphatic carbocycles. The number of halogens is 1. The van der Waals surface area contributed by atoms with E-state index in [4.69, 9.17) is 5.73 Å². The first-order valence-corrected chi connectivity index (χ1v) is 10.1. The molecule has 6 rings (SSSR count). The van der Waals surface area contributed by atoms with Crippen LogP contribution >= 0.6 is 15.9 Å². The molecule has 5 nitrogen and oxygen atoms in total. The second-order valence-corrected chi connectivity index (χ2v) is 10.6. The molecule has 1 heterocycles. The lowest BCUT2D eigenvalue weighted by Gasteiger charge is -2.60. The number of hydrogen-bond donors (Lipinski definition) is 1. The van der Waals surface area contributed by atoms with Gasteiger partial charge in [0.1, 0.15) is 0 Å². The summed E-state index contributed by atoms with van der Waals surface area (Å²) in [5.74, 6) is -0.150. The van der Waals surface area contributed by atoms with Gasteiger partial charge in [-0.25, -0.2) is 4.90 Å². The van der Waals surface area contributed by atoms with Crippen molar-refractivity contribution >= 4 is 39.3 Å². The summed E-state index contributed by atoms with van der Waals surface area (Å²) < 4.78 is 0.143. The van der Waals surface area contributed by atoms with Crippen LogP contribution in [-0.4, -0.2) is 26.9 Å². The first kappa shape index (κ1) is 16.5. The van der Waals surface area contributed by atoms with Crippen molar-refractivity contribution in [3.05, 3.63) is 29.3 Å². The monoisotopic (exact) mass is 416 g/mol. The third-order valence-corrected chi connectivity index (χ3v) is 7.76. The Labute approximate surface area is 160 Å². The van der Waals surface area contributed by atoms with E-state index in [0.29, 0.717) is 11.8 Å². The number of benzene rings is 1. The maximum absolute atomic E-state index is 13.1. The highest BCUT2D eigenvalue weighted by Crippen LogP contribution is 2.65. The average Bonchev–Trinajstić information content (AvgIpc) is 2.76. The van der Waals surface area contributed by atoms with Crippen LogP contribution < -0.4 is 5.73 Å². The molecule has 136 valence electrons. The van der Waals surface area contributed by atoms with E-state index in [0.717, 1.165) is 24.2 Å². The molecule has 5 aliphatic rings. The molecule has 4 saturated carbocycles. The Morgan fingerprint density at radius 3 is 2.46 bits per heavy atom. The van der Waals surface area contributed by atoms with Crippen molar-refractivity contribution < 1.29 is 14.4 Å². The summed E-state index contributed by atoms with van der Waals surface area (Å²) in [4.78, 5) is 39.3. The van der Waals surface area contributed by atoms with E-state index in [1.165, 1.54) is 19.3 Å². The number of amides is 3. The Morgan fingerprint density at radius 1 is 1.15 bits per heavy atom. The Hall–Kier alpha value is -1.69. The van der Waals surface area contributed by atoms with Gasteiger partial charge in [0.2, 0.25) is 5.91 Å². The minimum Gasteiger partial charge on any atom is -0.398 e. The van der Waals surface area contributed by atoms with Gasteiger partial charge in [0.05, 0.1) is 11.1 Å². The predicted molar refractivity (Wildman–Crippen MR) is 99.8 cm³/mol. The molecule has 4 fully saturated rings. The molecule has 4 bridgehead atoms. The third kappa shape index (κ3) is 2.24. The molecule has 1 aliphatic heterocycles. The highest BCUT2D eigenvalue weighted by Gasteiger charge is 2.58. The number of hydrogen-bond acceptors (Lipinski definition) is 4. The molecular formula is C20H21BrN2O3. The van der Waals surface area contributed by atoms with E-state index in [2.05, 4.69) is 15.9 Å². The van der Waals surface area contributed by atoms with Gasteiger partial charge in [-0.05, 0) is 67.9 Å². The van der Waals surface area contributed by atoms with E-state index in [1.54, 1.807) is 18.2 Å². The molecule has 0 unspecified atom stereocenters. The smallest absolute Gasteiger partial charge is 0.270 e. The number of carbonyl (C=O) groups is 3. The number of nitrogens with zero attached hydrogens (tertiary/aromatic N) is 1. The maximum atomic E-state index is 13.1. The fourth-order valence-corrected chi connectivity index (χ4v) is 7.99. The van der Waals surface area contributed by atoms with Gasteiger partial charge in [0, 0.05) is 16.4 Å². The van der Waals surface area contributed by atoms with Crippen LogP contribution in [0.4, 0.5) is 5.69 Å². The number of carbonyl (C=O) groups excluding carboxylic acids is 3. The summed E-state index contributed by atoms with van der Waals surface area (Å²) in [6.45, 7) is 0. The Kier molecular flexibility index (Phi) is 3.29. The molecule has 0 aromatic heterocycles. The van der Waals surface area contributed by atoms with E-state index in [-0.39, 0.29) is 38.9 Å². The maximum Gasteiger partial charge on any atom is 0.270 e. The number of rotatable bonds is 2. The van der Waals surface area contributed by atoms with Crippen LogP contribution in [0, 0.1) is 17.3 Å². The van der Waals surface area contributed by atoms with Crippen LogP contribution in [0.5, 0.6) is 0 Å². The van der Waals surface area contributed by atoms with E-state index in [1.807, 2.05) is 0 Å². The topological polar surface area (TPSA) is 80.5 Å². The number of nitrogens with two attached hydrogens (primary N) is 1. The Bertz CT molecular complexity index is 851. The van der Waals surface area contributed by atoms with Gasteiger partial charge in [0.25, 0.3) is 11.8 Å². The van der Waals surface area contributed by atoms with Crippen molar-refractivity contribution in [3.8, 4) is 0 Å². The number of nitrogen functional groups attached to an aromatic ring is 1. The van der Waals surface area contributed by atoms with Gasteiger partial charge in [-0.3, -0.25) is 14.4 Å². The van der Waals surface area contributed by atoms with E-state index >= 15 is 0 Å². The summed E-state index contributed by atoms with van der Waals surface area (Å²) in [6, 6.07) is 4.80. The molecule has 3 amide bonds. The zero-order chi connectivity index (χ0) is 18.3. The van der Waals surface area contributed by atoms with E-state index in [9.17, 15) is 14.4 Å². The SMILES string of the molecule is Nc1cccc2c1C(=O)N(C(=O)CC13C[C@H]4C[C@@H](CC(Br)(C4)C1)C3)C2=O. The first-order chi connectivity index (χ1) is 12.3. The fourth-order valence-electron chi connectivity index (χ4n) is 6.48. The number of imide groups is 3. The number of anilines is 1. The second kappa shape index (κ2) is 5.18. The van der Waals surface area contributed by atoms with Crippen LogP contribution in [0.15, 0.2) is 18.2 Å². The number of alkyl halides is 1. The lowest BCUT2D eigenvalue weighted by atomic mass is 9.48. The summed E-state index contributed by atoms with van der Waals surface area (Å²) in [7, 11) is 0. The van der Waals surface area contributed by atoms with Crippen molar-refractivity contribution in [2.75, 3.05) is 5.73 Å².